The Bertz CT molecular complexity index is 807. The number of halogens is 2. The van der Waals surface area contributed by atoms with Crippen LogP contribution in [-0.4, -0.2) is 36.4 Å². The molecule has 0 bridgehead atoms. The van der Waals surface area contributed by atoms with Crippen LogP contribution in [0, 0.1) is 0 Å². The van der Waals surface area contributed by atoms with Crippen LogP contribution in [0.3, 0.4) is 0 Å². The molecule has 2 atom stereocenters. The molecule has 0 aromatic heterocycles. The Balaban J connectivity index is 1.87. The van der Waals surface area contributed by atoms with Gasteiger partial charge in [0, 0.05) is 22.0 Å². The molecule has 1 aliphatic rings. The predicted octanol–water partition coefficient (Wildman–Crippen LogP) is 3.85. The lowest BCUT2D eigenvalue weighted by atomic mass is 9.97. The molecule has 0 radical (unpaired) electrons. The highest BCUT2D eigenvalue weighted by molar-refractivity contribution is 6.34. The van der Waals surface area contributed by atoms with E-state index in [2.05, 4.69) is 0 Å². The largest absolute Gasteiger partial charge is 0.493 e. The molecule has 26 heavy (non-hydrogen) atoms. The van der Waals surface area contributed by atoms with Crippen LogP contribution < -0.4 is 9.47 Å². The van der Waals surface area contributed by atoms with E-state index in [9.17, 15) is 9.90 Å². The van der Waals surface area contributed by atoms with E-state index in [-0.39, 0.29) is 18.9 Å². The summed E-state index contributed by atoms with van der Waals surface area (Å²) >= 11 is 12.1. The quantitative estimate of drug-likeness (QED) is 0.834. The average molecular weight is 396 g/mol. The van der Waals surface area contributed by atoms with Gasteiger partial charge in [0.1, 0.15) is 6.23 Å². The monoisotopic (exact) mass is 395 g/mol. The SMILES string of the molecule is COc1cccc(CN2C(=O)C(c3cc(Cl)cc(Cl)c3)CC2O)c1OC. The predicted molar refractivity (Wildman–Crippen MR) is 99.9 cm³/mol. The average Bonchev–Trinajstić information content (AvgIpc) is 2.88. The molecule has 1 saturated heterocycles. The van der Waals surface area contributed by atoms with Gasteiger partial charge in [-0.3, -0.25) is 4.79 Å². The highest BCUT2D eigenvalue weighted by Crippen LogP contribution is 2.38. The van der Waals surface area contributed by atoms with E-state index >= 15 is 0 Å². The van der Waals surface area contributed by atoms with Crippen molar-refractivity contribution >= 4 is 29.1 Å². The molecule has 2 aromatic rings. The van der Waals surface area contributed by atoms with Crippen LogP contribution in [0.15, 0.2) is 36.4 Å². The number of methoxy groups -OCH3 is 2. The molecule has 1 aliphatic heterocycles. The first-order valence-corrected chi connectivity index (χ1v) is 8.84. The molecular weight excluding hydrogens is 377 g/mol. The van der Waals surface area contributed by atoms with Gasteiger partial charge in [-0.05, 0) is 29.8 Å². The summed E-state index contributed by atoms with van der Waals surface area (Å²) in [5, 5.41) is 11.4. The van der Waals surface area contributed by atoms with Crippen LogP contribution in [-0.2, 0) is 11.3 Å². The molecule has 0 saturated carbocycles. The minimum Gasteiger partial charge on any atom is -0.493 e. The molecule has 1 fully saturated rings. The van der Waals surface area contributed by atoms with E-state index in [1.165, 1.54) is 4.90 Å². The lowest BCUT2D eigenvalue weighted by molar-refractivity contribution is -0.134. The van der Waals surface area contributed by atoms with Crippen molar-refractivity contribution in [1.29, 1.82) is 0 Å². The van der Waals surface area contributed by atoms with E-state index in [4.69, 9.17) is 32.7 Å². The van der Waals surface area contributed by atoms with Gasteiger partial charge in [0.05, 0.1) is 26.7 Å². The number of carbonyl (C=O) groups is 1. The molecular formula is C19H19Cl2NO4. The summed E-state index contributed by atoms with van der Waals surface area (Å²) in [6.45, 7) is 0.213. The van der Waals surface area contributed by atoms with Gasteiger partial charge in [-0.15, -0.1) is 0 Å². The minimum absolute atomic E-state index is 0.180. The number of para-hydroxylation sites is 1. The van der Waals surface area contributed by atoms with Gasteiger partial charge in [-0.2, -0.15) is 0 Å². The van der Waals surface area contributed by atoms with E-state index in [0.717, 1.165) is 5.56 Å². The third-order valence-electron chi connectivity index (χ3n) is 4.50. The maximum absolute atomic E-state index is 12.9. The summed E-state index contributed by atoms with van der Waals surface area (Å²) in [5.74, 6) is 0.451. The van der Waals surface area contributed by atoms with E-state index in [0.29, 0.717) is 27.1 Å². The van der Waals surface area contributed by atoms with Crippen molar-refractivity contribution in [2.45, 2.75) is 25.1 Å². The van der Waals surface area contributed by atoms with Crippen molar-refractivity contribution in [2.75, 3.05) is 14.2 Å². The molecule has 3 rings (SSSR count). The standard InChI is InChI=1S/C19H19Cl2NO4/c1-25-16-5-3-4-11(18(16)26-2)10-22-17(23)9-15(19(22)24)12-6-13(20)8-14(21)7-12/h3-8,15,17,23H,9-10H2,1-2H3. The zero-order valence-electron chi connectivity index (χ0n) is 14.4. The molecule has 5 nitrogen and oxygen atoms in total. The second-order valence-electron chi connectivity index (χ2n) is 6.09. The molecule has 2 unspecified atom stereocenters. The molecule has 1 N–H and O–H groups in total. The molecule has 0 aliphatic carbocycles. The van der Waals surface area contributed by atoms with Gasteiger partial charge in [-0.25, -0.2) is 0 Å². The Hall–Kier alpha value is -1.95. The lowest BCUT2D eigenvalue weighted by Gasteiger charge is -2.22. The van der Waals surface area contributed by atoms with Gasteiger partial charge >= 0.3 is 0 Å². The lowest BCUT2D eigenvalue weighted by Crippen LogP contribution is -2.33. The molecule has 1 heterocycles. The van der Waals surface area contributed by atoms with Crippen molar-refractivity contribution in [3.63, 3.8) is 0 Å². The second-order valence-corrected chi connectivity index (χ2v) is 6.96. The Labute approximate surface area is 162 Å². The van der Waals surface area contributed by atoms with Crippen LogP contribution in [0.25, 0.3) is 0 Å². The Kier molecular flexibility index (Phi) is 5.61. The molecule has 1 amide bonds. The van der Waals surface area contributed by atoms with Gasteiger partial charge in [-0.1, -0.05) is 35.3 Å². The smallest absolute Gasteiger partial charge is 0.232 e. The fourth-order valence-corrected chi connectivity index (χ4v) is 3.83. The summed E-state index contributed by atoms with van der Waals surface area (Å²) in [4.78, 5) is 14.3. The number of carbonyl (C=O) groups excluding carboxylic acids is 1. The number of likely N-dealkylation sites (tertiary alicyclic amines) is 1. The van der Waals surface area contributed by atoms with Crippen molar-refractivity contribution in [3.8, 4) is 11.5 Å². The third kappa shape index (κ3) is 3.61. The Morgan fingerprint density at radius 2 is 1.85 bits per heavy atom. The first-order chi connectivity index (χ1) is 12.4. The van der Waals surface area contributed by atoms with Gasteiger partial charge in [0.15, 0.2) is 11.5 Å². The summed E-state index contributed by atoms with van der Waals surface area (Å²) in [7, 11) is 3.09. The number of rotatable bonds is 5. The Morgan fingerprint density at radius 1 is 1.15 bits per heavy atom. The zero-order valence-corrected chi connectivity index (χ0v) is 15.9. The van der Waals surface area contributed by atoms with Crippen LogP contribution >= 0.6 is 23.2 Å². The molecule has 7 heteroatoms. The molecule has 138 valence electrons. The molecule has 2 aromatic carbocycles. The van der Waals surface area contributed by atoms with Crippen LogP contribution in [0.2, 0.25) is 10.0 Å². The maximum atomic E-state index is 12.9. The number of ether oxygens (including phenoxy) is 2. The van der Waals surface area contributed by atoms with Crippen molar-refractivity contribution in [2.24, 2.45) is 0 Å². The number of nitrogens with zero attached hydrogens (tertiary/aromatic N) is 1. The van der Waals surface area contributed by atoms with Crippen molar-refractivity contribution < 1.29 is 19.4 Å². The number of aliphatic hydroxyl groups is 1. The van der Waals surface area contributed by atoms with Gasteiger partial charge < -0.3 is 19.5 Å². The maximum Gasteiger partial charge on any atom is 0.232 e. The fraction of sp³-hybridized carbons (Fsp3) is 0.316. The second kappa shape index (κ2) is 7.74. The van der Waals surface area contributed by atoms with Crippen LogP contribution in [0.5, 0.6) is 11.5 Å². The van der Waals surface area contributed by atoms with Crippen LogP contribution in [0.4, 0.5) is 0 Å². The zero-order chi connectivity index (χ0) is 18.8. The minimum atomic E-state index is -0.902. The highest BCUT2D eigenvalue weighted by Gasteiger charge is 2.40. The Morgan fingerprint density at radius 3 is 2.46 bits per heavy atom. The number of amides is 1. The van der Waals surface area contributed by atoms with E-state index < -0.39 is 12.1 Å². The third-order valence-corrected chi connectivity index (χ3v) is 4.94. The molecule has 0 spiro atoms. The summed E-state index contributed by atoms with van der Waals surface area (Å²) in [6, 6.07) is 10.5. The van der Waals surface area contributed by atoms with Crippen molar-refractivity contribution in [1.82, 2.24) is 4.90 Å². The first-order valence-electron chi connectivity index (χ1n) is 8.09. The summed E-state index contributed by atoms with van der Waals surface area (Å²) in [5.41, 5.74) is 1.45. The number of benzene rings is 2. The highest BCUT2D eigenvalue weighted by atomic mass is 35.5. The van der Waals surface area contributed by atoms with E-state index in [1.54, 1.807) is 38.5 Å². The summed E-state index contributed by atoms with van der Waals surface area (Å²) in [6.07, 6.45) is -0.622. The topological polar surface area (TPSA) is 59.0 Å². The summed E-state index contributed by atoms with van der Waals surface area (Å²) < 4.78 is 10.7. The van der Waals surface area contributed by atoms with Crippen LogP contribution in [0.1, 0.15) is 23.5 Å². The van der Waals surface area contributed by atoms with Gasteiger partial charge in [0.25, 0.3) is 0 Å². The van der Waals surface area contributed by atoms with E-state index in [1.807, 2.05) is 12.1 Å². The normalized spacial score (nSPS) is 19.7. The number of aliphatic hydroxyl groups excluding tert-OH is 1. The van der Waals surface area contributed by atoms with Crippen molar-refractivity contribution in [3.05, 3.63) is 57.6 Å². The van der Waals surface area contributed by atoms with Gasteiger partial charge in [0.2, 0.25) is 5.91 Å². The number of hydrogen-bond donors (Lipinski definition) is 1. The first kappa shape index (κ1) is 18.8. The number of hydrogen-bond acceptors (Lipinski definition) is 4. The fourth-order valence-electron chi connectivity index (χ4n) is 3.29.